The highest BCUT2D eigenvalue weighted by molar-refractivity contribution is 5.81. The minimum atomic E-state index is -1.11. The van der Waals surface area contributed by atoms with Crippen LogP contribution in [0, 0.1) is 17.0 Å². The van der Waals surface area contributed by atoms with Gasteiger partial charge in [0, 0.05) is 43.8 Å². The summed E-state index contributed by atoms with van der Waals surface area (Å²) in [6.45, 7) is 2.77. The van der Waals surface area contributed by atoms with Crippen LogP contribution < -0.4 is 31.7 Å². The van der Waals surface area contributed by atoms with Crippen molar-refractivity contribution in [2.75, 3.05) is 24.7 Å². The zero-order valence-corrected chi connectivity index (χ0v) is 18.7. The summed E-state index contributed by atoms with van der Waals surface area (Å²) in [7, 11) is 0. The van der Waals surface area contributed by atoms with Gasteiger partial charge in [-0.2, -0.15) is 4.39 Å². The number of nitrogens with two attached hydrogens (primary N) is 2. The molecule has 1 aromatic carbocycles. The van der Waals surface area contributed by atoms with Crippen molar-refractivity contribution < 1.29 is 18.3 Å². The Bertz CT molecular complexity index is 1040. The van der Waals surface area contributed by atoms with Crippen molar-refractivity contribution in [3.05, 3.63) is 60.6 Å². The molecule has 0 radical (unpaired) electrons. The molecule has 0 saturated heterocycles. The van der Waals surface area contributed by atoms with E-state index in [-0.39, 0.29) is 41.9 Å². The summed E-state index contributed by atoms with van der Waals surface area (Å²) in [5.41, 5.74) is 11.1. The van der Waals surface area contributed by atoms with Crippen LogP contribution in [0.5, 0.6) is 11.6 Å². The maximum absolute atomic E-state index is 14.8. The van der Waals surface area contributed by atoms with Crippen LogP contribution in [-0.2, 0) is 4.79 Å². The van der Waals surface area contributed by atoms with Gasteiger partial charge in [-0.25, -0.2) is 9.37 Å². The number of hydrogen-bond acceptors (Lipinski definition) is 7. The average Bonchev–Trinajstić information content (AvgIpc) is 3.31. The third kappa shape index (κ3) is 6.32. The van der Waals surface area contributed by atoms with Crippen LogP contribution >= 0.6 is 0 Å². The number of benzene rings is 1. The van der Waals surface area contributed by atoms with Crippen molar-refractivity contribution in [2.24, 2.45) is 11.5 Å². The molecule has 1 aliphatic rings. The van der Waals surface area contributed by atoms with E-state index in [9.17, 15) is 13.6 Å². The summed E-state index contributed by atoms with van der Waals surface area (Å²) >= 11 is 0. The van der Waals surface area contributed by atoms with E-state index in [2.05, 4.69) is 15.6 Å². The molecular formula is C22H28F2N8O2. The second-order valence-electron chi connectivity index (χ2n) is 7.73. The van der Waals surface area contributed by atoms with Gasteiger partial charge in [-0.1, -0.05) is 6.07 Å². The number of carbonyl (C=O) groups excluding carboxylic acids is 1. The van der Waals surface area contributed by atoms with E-state index in [0.717, 1.165) is 0 Å². The lowest BCUT2D eigenvalue weighted by molar-refractivity contribution is -0.122. The van der Waals surface area contributed by atoms with E-state index in [0.29, 0.717) is 19.5 Å². The van der Waals surface area contributed by atoms with E-state index < -0.39 is 17.7 Å². The second kappa shape index (κ2) is 11.3. The van der Waals surface area contributed by atoms with Crippen LogP contribution in [0.2, 0.25) is 0 Å². The third-order valence-electron chi connectivity index (χ3n) is 5.19. The number of guanidine groups is 1. The fourth-order valence-corrected chi connectivity index (χ4v) is 3.21. The molecule has 2 atom stereocenters. The minimum Gasteiger partial charge on any atom is -0.436 e. The molecule has 0 saturated carbocycles. The molecule has 12 heteroatoms. The highest BCUT2D eigenvalue weighted by Gasteiger charge is 2.25. The Hall–Kier alpha value is -3.93. The number of nitrogens with one attached hydrogen (secondary N) is 3. The minimum absolute atomic E-state index is 0.0563. The smallest absolute Gasteiger partial charge is 0.237 e. The zero-order valence-electron chi connectivity index (χ0n) is 18.7. The Kier molecular flexibility index (Phi) is 8.19. The third-order valence-corrected chi connectivity index (χ3v) is 5.19. The number of rotatable bonds is 10. The molecule has 0 unspecified atom stereocenters. The largest absolute Gasteiger partial charge is 0.436 e. The number of ether oxygens (including phenoxy) is 1. The molecule has 0 spiro atoms. The van der Waals surface area contributed by atoms with E-state index in [4.69, 9.17) is 21.6 Å². The summed E-state index contributed by atoms with van der Waals surface area (Å²) in [5.74, 6) is -2.75. The van der Waals surface area contributed by atoms with Gasteiger partial charge in [0.1, 0.15) is 0 Å². The van der Waals surface area contributed by atoms with E-state index >= 15 is 0 Å². The summed E-state index contributed by atoms with van der Waals surface area (Å²) < 4.78 is 34.7. The van der Waals surface area contributed by atoms with Gasteiger partial charge >= 0.3 is 0 Å². The van der Waals surface area contributed by atoms with Crippen LogP contribution in [0.4, 0.5) is 14.5 Å². The van der Waals surface area contributed by atoms with Gasteiger partial charge in [0.2, 0.25) is 17.6 Å². The van der Waals surface area contributed by atoms with Crippen molar-refractivity contribution in [3.63, 3.8) is 0 Å². The predicted octanol–water partition coefficient (Wildman–Crippen LogP) is 1.41. The lowest BCUT2D eigenvalue weighted by Gasteiger charge is -2.28. The first kappa shape index (κ1) is 24.7. The van der Waals surface area contributed by atoms with Gasteiger partial charge in [0.15, 0.2) is 17.5 Å². The van der Waals surface area contributed by atoms with Crippen LogP contribution in [0.1, 0.15) is 13.3 Å². The summed E-state index contributed by atoms with van der Waals surface area (Å²) in [5, 5.41) is 12.5. The van der Waals surface area contributed by atoms with Crippen molar-refractivity contribution in [3.8, 4) is 11.6 Å². The Morgan fingerprint density at radius 3 is 2.74 bits per heavy atom. The quantitative estimate of drug-likeness (QED) is 0.257. The highest BCUT2D eigenvalue weighted by Crippen LogP contribution is 2.32. The van der Waals surface area contributed by atoms with Gasteiger partial charge < -0.3 is 36.6 Å². The first-order valence-corrected chi connectivity index (χ1v) is 10.6. The Labute approximate surface area is 196 Å². The number of nitrogens with zero attached hydrogens (tertiary/aromatic N) is 3. The van der Waals surface area contributed by atoms with Crippen LogP contribution in [-0.4, -0.2) is 53.6 Å². The van der Waals surface area contributed by atoms with Gasteiger partial charge in [-0.05, 0) is 31.5 Å². The lowest BCUT2D eigenvalue weighted by atomic mass is 10.2. The summed E-state index contributed by atoms with van der Waals surface area (Å²) in [6, 6.07) is 6.82. The monoisotopic (exact) mass is 474 g/mol. The highest BCUT2D eigenvalue weighted by atomic mass is 19.2. The van der Waals surface area contributed by atoms with Crippen LogP contribution in [0.15, 0.2) is 48.9 Å². The normalized spacial score (nSPS) is 14.6. The molecule has 7 N–H and O–H groups in total. The molecule has 182 valence electrons. The molecule has 3 rings (SSSR count). The average molecular weight is 475 g/mol. The fraction of sp³-hybridized carbons (Fsp3) is 0.318. The molecule has 2 aromatic rings. The van der Waals surface area contributed by atoms with Gasteiger partial charge in [0.25, 0.3) is 0 Å². The molecule has 1 amide bonds. The Morgan fingerprint density at radius 2 is 2.03 bits per heavy atom. The van der Waals surface area contributed by atoms with E-state index in [1.54, 1.807) is 35.5 Å². The molecule has 0 fully saturated rings. The van der Waals surface area contributed by atoms with Crippen molar-refractivity contribution in [1.29, 1.82) is 5.41 Å². The number of aromatic nitrogens is 1. The molecule has 2 heterocycles. The zero-order chi connectivity index (χ0) is 24.7. The SMILES string of the molecule is C[C@@H](CNC(=O)[C@@H](N)CCNC(=N)N)N1C=CN(c2ccc(Oc3ccccn3)c(F)c2F)C1. The van der Waals surface area contributed by atoms with Crippen LogP contribution in [0.25, 0.3) is 0 Å². The number of amides is 1. The lowest BCUT2D eigenvalue weighted by Crippen LogP contribution is -2.47. The molecule has 10 nitrogen and oxygen atoms in total. The molecule has 0 bridgehead atoms. The second-order valence-corrected chi connectivity index (χ2v) is 7.73. The van der Waals surface area contributed by atoms with Crippen LogP contribution in [0.3, 0.4) is 0 Å². The van der Waals surface area contributed by atoms with Gasteiger partial charge in [-0.15, -0.1) is 0 Å². The molecular weight excluding hydrogens is 446 g/mol. The van der Waals surface area contributed by atoms with Crippen molar-refractivity contribution in [2.45, 2.75) is 25.4 Å². The number of pyridine rings is 1. The topological polar surface area (TPSA) is 146 Å². The number of halogens is 2. The number of anilines is 1. The fourth-order valence-electron chi connectivity index (χ4n) is 3.21. The Balaban J connectivity index is 1.53. The first-order chi connectivity index (χ1) is 16.3. The van der Waals surface area contributed by atoms with E-state index in [1.165, 1.54) is 18.3 Å². The maximum atomic E-state index is 14.8. The molecule has 1 aromatic heterocycles. The molecule has 34 heavy (non-hydrogen) atoms. The maximum Gasteiger partial charge on any atom is 0.237 e. The summed E-state index contributed by atoms with van der Waals surface area (Å²) in [6.07, 6.45) is 5.19. The summed E-state index contributed by atoms with van der Waals surface area (Å²) in [4.78, 5) is 19.5. The molecule has 1 aliphatic heterocycles. The number of carbonyl (C=O) groups is 1. The predicted molar refractivity (Wildman–Crippen MR) is 124 cm³/mol. The van der Waals surface area contributed by atoms with Crippen molar-refractivity contribution in [1.82, 2.24) is 20.5 Å². The Morgan fingerprint density at radius 1 is 1.24 bits per heavy atom. The standard InChI is InChI=1S/C22H28F2N8O2/c1-14(12-30-21(33)15(25)7-9-29-22(26)27)31-10-11-32(13-31)16-5-6-17(20(24)19(16)23)34-18-4-2-3-8-28-18/h2-6,8,10-11,14-15H,7,9,12-13,25H2,1H3,(H,30,33)(H4,26,27,29)/t14-,15-/m0/s1. The first-order valence-electron chi connectivity index (χ1n) is 10.6. The molecule has 0 aliphatic carbocycles. The van der Waals surface area contributed by atoms with Gasteiger partial charge in [0.05, 0.1) is 18.4 Å². The van der Waals surface area contributed by atoms with E-state index in [1.807, 2.05) is 11.8 Å². The number of hydrogen-bond donors (Lipinski definition) is 5. The van der Waals surface area contributed by atoms with Gasteiger partial charge in [-0.3, -0.25) is 10.2 Å². The van der Waals surface area contributed by atoms with Crippen molar-refractivity contribution >= 4 is 17.6 Å².